The first-order chi connectivity index (χ1) is 15.0. The number of benzene rings is 1. The summed E-state index contributed by atoms with van der Waals surface area (Å²) in [7, 11) is 1.54. The van der Waals surface area contributed by atoms with Crippen LogP contribution in [0.15, 0.2) is 51.0 Å². The Morgan fingerprint density at radius 1 is 1.45 bits per heavy atom. The molecule has 3 heterocycles. The molecule has 8 nitrogen and oxygen atoms in total. The van der Waals surface area contributed by atoms with Crippen LogP contribution in [0.1, 0.15) is 5.76 Å². The van der Waals surface area contributed by atoms with Gasteiger partial charge in [-0.3, -0.25) is 14.2 Å². The van der Waals surface area contributed by atoms with Gasteiger partial charge in [-0.25, -0.2) is 4.98 Å². The lowest BCUT2D eigenvalue weighted by atomic mass is 10.3. The van der Waals surface area contributed by atoms with Crippen LogP contribution in [0.5, 0.6) is 5.75 Å². The second-order valence-corrected chi connectivity index (χ2v) is 9.23. The Morgan fingerprint density at radius 2 is 2.29 bits per heavy atom. The van der Waals surface area contributed by atoms with E-state index in [1.54, 1.807) is 41.2 Å². The summed E-state index contributed by atoms with van der Waals surface area (Å²) in [5, 5.41) is 3.54. The molecule has 160 valence electrons. The minimum atomic E-state index is -0.334. The lowest BCUT2D eigenvalue weighted by Gasteiger charge is -2.11. The van der Waals surface area contributed by atoms with E-state index in [0.717, 1.165) is 23.1 Å². The fourth-order valence-electron chi connectivity index (χ4n) is 2.80. The molecule has 4 rings (SSSR count). The summed E-state index contributed by atoms with van der Waals surface area (Å²) in [5.41, 5.74) is 0.619. The first kappa shape index (κ1) is 21.6. The second-order valence-electron chi connectivity index (χ2n) is 6.19. The van der Waals surface area contributed by atoms with Gasteiger partial charge in [0.15, 0.2) is 14.8 Å². The number of thioether (sulfide) groups is 1. The zero-order valence-electron chi connectivity index (χ0n) is 16.0. The van der Waals surface area contributed by atoms with Gasteiger partial charge < -0.3 is 19.5 Å². The van der Waals surface area contributed by atoms with Crippen molar-refractivity contribution in [2.75, 3.05) is 12.9 Å². The van der Waals surface area contributed by atoms with Gasteiger partial charge in [0.1, 0.15) is 16.2 Å². The molecule has 0 radical (unpaired) electrons. The second kappa shape index (κ2) is 9.27. The Bertz CT molecular complexity index is 1360. The molecule has 3 aromatic heterocycles. The minimum absolute atomic E-state index is 0.0700. The van der Waals surface area contributed by atoms with Gasteiger partial charge in [0.25, 0.3) is 5.56 Å². The molecule has 0 saturated carbocycles. The van der Waals surface area contributed by atoms with Crippen molar-refractivity contribution in [2.24, 2.45) is 0 Å². The number of carbonyl (C=O) groups excluding carboxylic acids is 1. The molecule has 0 aliphatic heterocycles. The number of nitrogens with one attached hydrogen (secondary N) is 2. The number of hydrogen-bond donors (Lipinski definition) is 2. The van der Waals surface area contributed by atoms with Crippen LogP contribution in [-0.4, -0.2) is 33.3 Å². The number of thiazole rings is 1. The summed E-state index contributed by atoms with van der Waals surface area (Å²) in [4.78, 5) is 32.0. The van der Waals surface area contributed by atoms with E-state index in [2.05, 4.69) is 15.3 Å². The predicted octanol–water partition coefficient (Wildman–Crippen LogP) is 4.17. The number of fused-ring (bicyclic) bond motifs is 1. The molecule has 0 atom stereocenters. The molecule has 0 unspecified atom stereocenters. The molecule has 0 aliphatic carbocycles. The molecule has 12 heteroatoms. The number of amides is 1. The summed E-state index contributed by atoms with van der Waals surface area (Å²) in [6.07, 6.45) is 1.54. The van der Waals surface area contributed by atoms with E-state index in [4.69, 9.17) is 33.0 Å². The van der Waals surface area contributed by atoms with Crippen LogP contribution in [0.3, 0.4) is 0 Å². The molecular formula is C19H15ClN4O4S3. The van der Waals surface area contributed by atoms with Crippen LogP contribution in [-0.2, 0) is 11.3 Å². The third kappa shape index (κ3) is 4.69. The van der Waals surface area contributed by atoms with Gasteiger partial charge >= 0.3 is 0 Å². The topological polar surface area (TPSA) is 102 Å². The number of halogens is 1. The minimum Gasteiger partial charge on any atom is -0.495 e. The molecule has 0 bridgehead atoms. The smallest absolute Gasteiger partial charge is 0.271 e. The third-order valence-corrected chi connectivity index (χ3v) is 6.65. The summed E-state index contributed by atoms with van der Waals surface area (Å²) in [6.45, 7) is 0.285. The molecule has 0 aliphatic rings. The van der Waals surface area contributed by atoms with Gasteiger partial charge in [0.2, 0.25) is 5.91 Å². The number of methoxy groups -OCH3 is 1. The highest BCUT2D eigenvalue weighted by molar-refractivity contribution is 7.99. The van der Waals surface area contributed by atoms with Gasteiger partial charge in [0, 0.05) is 5.02 Å². The molecule has 0 spiro atoms. The lowest BCUT2D eigenvalue weighted by Crippen LogP contribution is -2.24. The fourth-order valence-corrected chi connectivity index (χ4v) is 4.91. The first-order valence-corrected chi connectivity index (χ1v) is 11.5. The van der Waals surface area contributed by atoms with Crippen molar-refractivity contribution < 1.29 is 13.9 Å². The summed E-state index contributed by atoms with van der Waals surface area (Å²) in [5.74, 6) is 1.04. The molecule has 31 heavy (non-hydrogen) atoms. The largest absolute Gasteiger partial charge is 0.495 e. The number of furan rings is 1. The number of aromatic amines is 1. The monoisotopic (exact) mass is 494 g/mol. The molecular weight excluding hydrogens is 480 g/mol. The highest BCUT2D eigenvalue weighted by atomic mass is 35.5. The quantitative estimate of drug-likeness (QED) is 0.226. The lowest BCUT2D eigenvalue weighted by molar-refractivity contribution is -0.118. The molecule has 1 aromatic carbocycles. The summed E-state index contributed by atoms with van der Waals surface area (Å²) in [6, 6.07) is 8.63. The molecule has 2 N–H and O–H groups in total. The maximum atomic E-state index is 12.6. The maximum absolute atomic E-state index is 12.6. The van der Waals surface area contributed by atoms with E-state index in [-0.39, 0.29) is 23.8 Å². The van der Waals surface area contributed by atoms with Crippen LogP contribution < -0.4 is 15.6 Å². The molecule has 4 aromatic rings. The number of rotatable bonds is 7. The zero-order valence-corrected chi connectivity index (χ0v) is 19.2. The predicted molar refractivity (Wildman–Crippen MR) is 123 cm³/mol. The highest BCUT2D eigenvalue weighted by Gasteiger charge is 2.17. The summed E-state index contributed by atoms with van der Waals surface area (Å²) >= 11 is 13.9. The fraction of sp³-hybridized carbons (Fsp3) is 0.158. The van der Waals surface area contributed by atoms with Crippen LogP contribution in [0, 0.1) is 3.95 Å². The number of nitrogens with zero attached hydrogens (tertiary/aromatic N) is 2. The standard InChI is InChI=1S/C19H15ClN4O4S3/c1-27-13-5-4-10(20)7-12(13)24-16-15(31-19(24)29)17(26)23-18(22-16)30-9-14(25)21-8-11-3-2-6-28-11/h2-7H,8-9H2,1H3,(H,21,25)(H,22,23,26). The van der Waals surface area contributed by atoms with Crippen molar-refractivity contribution in [2.45, 2.75) is 11.7 Å². The van der Waals surface area contributed by atoms with Gasteiger partial charge in [0.05, 0.1) is 31.4 Å². The van der Waals surface area contributed by atoms with Crippen molar-refractivity contribution in [3.63, 3.8) is 0 Å². The Kier molecular flexibility index (Phi) is 6.46. The Labute approximate surface area is 194 Å². The normalized spacial score (nSPS) is 11.0. The average molecular weight is 495 g/mol. The van der Waals surface area contributed by atoms with Gasteiger partial charge in [-0.15, -0.1) is 0 Å². The highest BCUT2D eigenvalue weighted by Crippen LogP contribution is 2.31. The van der Waals surface area contributed by atoms with Crippen molar-refractivity contribution in [1.29, 1.82) is 0 Å². The van der Waals surface area contributed by atoms with E-state index < -0.39 is 0 Å². The maximum Gasteiger partial charge on any atom is 0.271 e. The number of hydrogen-bond acceptors (Lipinski definition) is 8. The Balaban J connectivity index is 1.63. The van der Waals surface area contributed by atoms with Crippen LogP contribution in [0.4, 0.5) is 0 Å². The number of aromatic nitrogens is 3. The van der Waals surface area contributed by atoms with E-state index in [1.807, 2.05) is 0 Å². The van der Waals surface area contributed by atoms with E-state index in [0.29, 0.717) is 41.7 Å². The van der Waals surface area contributed by atoms with Crippen molar-refractivity contribution in [3.8, 4) is 11.4 Å². The Morgan fingerprint density at radius 3 is 3.03 bits per heavy atom. The molecule has 1 amide bonds. The number of H-pyrrole nitrogens is 1. The van der Waals surface area contributed by atoms with Gasteiger partial charge in [-0.05, 0) is 42.5 Å². The summed E-state index contributed by atoms with van der Waals surface area (Å²) < 4.78 is 13.1. The number of ether oxygens (including phenoxy) is 1. The first-order valence-electron chi connectivity index (χ1n) is 8.88. The van der Waals surface area contributed by atoms with E-state index in [1.165, 1.54) is 7.11 Å². The van der Waals surface area contributed by atoms with Crippen LogP contribution in [0.2, 0.25) is 5.02 Å². The molecule has 0 fully saturated rings. The average Bonchev–Trinajstić information content (AvgIpc) is 3.38. The van der Waals surface area contributed by atoms with Crippen molar-refractivity contribution >= 4 is 63.2 Å². The van der Waals surface area contributed by atoms with Gasteiger partial charge in [-0.2, -0.15) is 0 Å². The van der Waals surface area contributed by atoms with E-state index in [9.17, 15) is 9.59 Å². The van der Waals surface area contributed by atoms with Gasteiger partial charge in [-0.1, -0.05) is 34.7 Å². The third-order valence-electron chi connectivity index (χ3n) is 4.18. The van der Waals surface area contributed by atoms with Crippen molar-refractivity contribution in [1.82, 2.24) is 19.9 Å². The van der Waals surface area contributed by atoms with Crippen LogP contribution in [0.25, 0.3) is 16.0 Å². The Hall–Kier alpha value is -2.60. The number of carbonyl (C=O) groups is 1. The van der Waals surface area contributed by atoms with Crippen LogP contribution >= 0.6 is 46.9 Å². The SMILES string of the molecule is COc1ccc(Cl)cc1-n1c(=S)sc2c(=O)[nH]c(SCC(=O)NCc3ccco3)nc21. The van der Waals surface area contributed by atoms with E-state index >= 15 is 0 Å². The molecule has 0 saturated heterocycles. The van der Waals surface area contributed by atoms with Crippen molar-refractivity contribution in [3.05, 3.63) is 61.7 Å². The zero-order chi connectivity index (χ0) is 22.0.